The Morgan fingerprint density at radius 1 is 1.42 bits per heavy atom. The van der Waals surface area contributed by atoms with Crippen molar-refractivity contribution >= 4 is 46.6 Å². The smallest absolute Gasteiger partial charge is 0.122 e. The molecule has 0 saturated carbocycles. The summed E-state index contributed by atoms with van der Waals surface area (Å²) >= 11 is 5.80. The van der Waals surface area contributed by atoms with Gasteiger partial charge in [0.1, 0.15) is 11.3 Å². The molecule has 2 heterocycles. The van der Waals surface area contributed by atoms with Gasteiger partial charge in [0.2, 0.25) is 0 Å². The molecule has 19 heavy (non-hydrogen) atoms. The Labute approximate surface area is 137 Å². The first kappa shape index (κ1) is 15.5. The maximum Gasteiger partial charge on any atom is 0.122 e. The molecule has 104 valence electrons. The summed E-state index contributed by atoms with van der Waals surface area (Å²) < 4.78 is 10.0. The summed E-state index contributed by atoms with van der Waals surface area (Å²) in [5.74, 6) is 0. The standard InChI is InChI=1S/C13H18BrIN2OSi/c1-19(2,3)5-4-18-9-17-8-10(15)6-11-12(17)7-16-13(11)14/h6-8H,4-5,9H2,1-3H3. The minimum absolute atomic E-state index is 0.593. The third-order valence-electron chi connectivity index (χ3n) is 2.90. The van der Waals surface area contributed by atoms with Crippen molar-refractivity contribution in [3.63, 3.8) is 0 Å². The van der Waals surface area contributed by atoms with E-state index in [9.17, 15) is 0 Å². The number of hydrogen-bond donors (Lipinski definition) is 0. The van der Waals surface area contributed by atoms with Gasteiger partial charge >= 0.3 is 0 Å². The molecule has 2 rings (SSSR count). The van der Waals surface area contributed by atoms with E-state index in [1.165, 1.54) is 9.61 Å². The van der Waals surface area contributed by atoms with Crippen LogP contribution in [0.15, 0.2) is 23.1 Å². The molecule has 0 aromatic carbocycles. The lowest BCUT2D eigenvalue weighted by Gasteiger charge is -2.17. The molecule has 3 nitrogen and oxygen atoms in total. The number of nitrogens with zero attached hydrogens (tertiary/aromatic N) is 2. The monoisotopic (exact) mass is 452 g/mol. The van der Waals surface area contributed by atoms with Gasteiger partial charge in [0.15, 0.2) is 0 Å². The average Bonchev–Trinajstić information content (AvgIpc) is 2.65. The van der Waals surface area contributed by atoms with E-state index >= 15 is 0 Å². The molecule has 0 aliphatic carbocycles. The molecule has 6 heteroatoms. The van der Waals surface area contributed by atoms with Crippen LogP contribution in [0.3, 0.4) is 0 Å². The molecule has 0 saturated heterocycles. The highest BCUT2D eigenvalue weighted by Gasteiger charge is 2.15. The van der Waals surface area contributed by atoms with Gasteiger partial charge in [-0.05, 0) is 50.6 Å². The van der Waals surface area contributed by atoms with Crippen molar-refractivity contribution in [2.75, 3.05) is 6.61 Å². The first-order valence-electron chi connectivity index (χ1n) is 6.24. The summed E-state index contributed by atoms with van der Waals surface area (Å²) in [6, 6.07) is 3.33. The van der Waals surface area contributed by atoms with Gasteiger partial charge in [-0.2, -0.15) is 0 Å². The number of halogens is 2. The maximum absolute atomic E-state index is 5.82. The largest absolute Gasteiger partial charge is 0.361 e. The molecule has 0 radical (unpaired) electrons. The quantitative estimate of drug-likeness (QED) is 0.374. The van der Waals surface area contributed by atoms with Gasteiger partial charge in [-0.3, -0.25) is 0 Å². The molecule has 0 atom stereocenters. The molecular formula is C13H18BrIN2OSi. The number of pyridine rings is 1. The number of fused-ring (bicyclic) bond motifs is 1. The Morgan fingerprint density at radius 3 is 2.84 bits per heavy atom. The molecule has 0 aromatic heterocycles. The average molecular weight is 453 g/mol. The van der Waals surface area contributed by atoms with E-state index in [1.54, 1.807) is 0 Å². The first-order chi connectivity index (χ1) is 8.87. The van der Waals surface area contributed by atoms with Crippen molar-refractivity contribution in [2.45, 2.75) is 32.4 Å². The lowest BCUT2D eigenvalue weighted by molar-refractivity contribution is 0.0878. The Kier molecular flexibility index (Phi) is 5.08. The van der Waals surface area contributed by atoms with Gasteiger partial charge in [-0.15, -0.1) is 0 Å². The summed E-state index contributed by atoms with van der Waals surface area (Å²) in [7, 11) is -1.01. The van der Waals surface area contributed by atoms with Gasteiger partial charge < -0.3 is 9.30 Å². The third-order valence-corrected chi connectivity index (χ3v) is 5.82. The van der Waals surface area contributed by atoms with E-state index in [-0.39, 0.29) is 0 Å². The summed E-state index contributed by atoms with van der Waals surface area (Å²) in [5, 5.41) is 0. The lowest BCUT2D eigenvalue weighted by atomic mass is 10.2. The van der Waals surface area contributed by atoms with Gasteiger partial charge in [-0.25, -0.2) is 4.98 Å². The van der Waals surface area contributed by atoms with Crippen molar-refractivity contribution in [1.82, 2.24) is 9.55 Å². The molecule has 0 spiro atoms. The minimum atomic E-state index is -1.01. The van der Waals surface area contributed by atoms with Crippen molar-refractivity contribution in [3.05, 3.63) is 26.6 Å². The van der Waals surface area contributed by atoms with E-state index in [2.05, 4.69) is 80.0 Å². The highest BCUT2D eigenvalue weighted by Crippen LogP contribution is 2.31. The Morgan fingerprint density at radius 2 is 2.16 bits per heavy atom. The summed E-state index contributed by atoms with van der Waals surface area (Å²) in [6.07, 6.45) is 3.99. The second kappa shape index (κ2) is 6.24. The van der Waals surface area contributed by atoms with Crippen molar-refractivity contribution < 1.29 is 4.74 Å². The molecule has 2 aliphatic heterocycles. The zero-order valence-electron chi connectivity index (χ0n) is 11.4. The zero-order chi connectivity index (χ0) is 14.0. The minimum Gasteiger partial charge on any atom is -0.361 e. The second-order valence-corrected chi connectivity index (χ2v) is 13.4. The van der Waals surface area contributed by atoms with E-state index in [4.69, 9.17) is 4.74 Å². The van der Waals surface area contributed by atoms with Crippen LogP contribution in [0.2, 0.25) is 25.7 Å². The van der Waals surface area contributed by atoms with Gasteiger partial charge in [0, 0.05) is 30.0 Å². The SMILES string of the molecule is C[Si](C)(C)CCOCn1cc(I)cc2c(Br)ncc1-2. The van der Waals surface area contributed by atoms with Crippen molar-refractivity contribution in [1.29, 1.82) is 0 Å². The van der Waals surface area contributed by atoms with Crippen LogP contribution in [0.4, 0.5) is 0 Å². The fourth-order valence-corrected chi connectivity index (χ4v) is 3.59. The molecule has 0 bridgehead atoms. The Bertz CT molecular complexity index is 538. The van der Waals surface area contributed by atoms with Crippen LogP contribution < -0.4 is 0 Å². The van der Waals surface area contributed by atoms with Crippen LogP contribution in [0.25, 0.3) is 11.3 Å². The van der Waals surface area contributed by atoms with Gasteiger partial charge in [-0.1, -0.05) is 19.6 Å². The fraction of sp³-hybridized carbons (Fsp3) is 0.462. The van der Waals surface area contributed by atoms with E-state index < -0.39 is 8.07 Å². The van der Waals surface area contributed by atoms with Crippen LogP contribution >= 0.6 is 38.5 Å². The number of hydrogen-bond acceptors (Lipinski definition) is 2. The molecule has 0 aromatic rings. The molecule has 0 unspecified atom stereocenters. The third kappa shape index (κ3) is 4.27. The molecular weight excluding hydrogens is 435 g/mol. The lowest BCUT2D eigenvalue weighted by Crippen LogP contribution is -2.22. The Hall–Kier alpha value is 0.0769. The van der Waals surface area contributed by atoms with Crippen LogP contribution in [0, 0.1) is 3.57 Å². The molecule has 0 amide bonds. The van der Waals surface area contributed by atoms with E-state index in [1.807, 2.05) is 6.20 Å². The predicted octanol–water partition coefficient (Wildman–Crippen LogP) is 4.67. The van der Waals surface area contributed by atoms with Gasteiger partial charge in [0.25, 0.3) is 0 Å². The summed E-state index contributed by atoms with van der Waals surface area (Å²) in [6.45, 7) is 8.53. The topological polar surface area (TPSA) is 27.1 Å². The van der Waals surface area contributed by atoms with Crippen molar-refractivity contribution in [2.24, 2.45) is 0 Å². The van der Waals surface area contributed by atoms with Crippen LogP contribution in [-0.4, -0.2) is 24.2 Å². The predicted molar refractivity (Wildman–Crippen MR) is 93.4 cm³/mol. The van der Waals surface area contributed by atoms with Gasteiger partial charge in [0.05, 0.1) is 11.9 Å². The normalized spacial score (nSPS) is 12.3. The highest BCUT2D eigenvalue weighted by molar-refractivity contribution is 14.1. The summed E-state index contributed by atoms with van der Waals surface area (Å²) in [5.41, 5.74) is 2.25. The van der Waals surface area contributed by atoms with E-state index in [0.29, 0.717) is 6.73 Å². The van der Waals surface area contributed by atoms with Crippen LogP contribution in [0.5, 0.6) is 0 Å². The zero-order valence-corrected chi connectivity index (χ0v) is 16.2. The molecule has 0 fully saturated rings. The molecule has 2 aliphatic rings. The van der Waals surface area contributed by atoms with E-state index in [0.717, 1.165) is 22.5 Å². The second-order valence-electron chi connectivity index (χ2n) is 5.82. The number of aromatic nitrogens is 2. The van der Waals surface area contributed by atoms with Crippen molar-refractivity contribution in [3.8, 4) is 11.3 Å². The first-order valence-corrected chi connectivity index (χ1v) is 11.8. The number of ether oxygens (including phenoxy) is 1. The van der Waals surface area contributed by atoms with Crippen LogP contribution in [-0.2, 0) is 11.5 Å². The fourth-order valence-electron chi connectivity index (χ4n) is 1.77. The summed E-state index contributed by atoms with van der Waals surface area (Å²) in [4.78, 5) is 4.31. The molecule has 0 N–H and O–H groups in total. The Balaban J connectivity index is 2.04. The maximum atomic E-state index is 5.82. The van der Waals surface area contributed by atoms with Crippen LogP contribution in [0.1, 0.15) is 0 Å². The number of rotatable bonds is 5. The highest BCUT2D eigenvalue weighted by atomic mass is 127.